The van der Waals surface area contributed by atoms with Gasteiger partial charge in [0.2, 0.25) is 0 Å². The molecule has 2 aliphatic rings. The smallest absolute Gasteiger partial charge is 0.273 e. The molecule has 28 heavy (non-hydrogen) atoms. The zero-order chi connectivity index (χ0) is 19.5. The van der Waals surface area contributed by atoms with E-state index < -0.39 is 0 Å². The first-order chi connectivity index (χ1) is 13.6. The van der Waals surface area contributed by atoms with Crippen LogP contribution in [0.2, 0.25) is 0 Å². The number of benzene rings is 1. The zero-order valence-corrected chi connectivity index (χ0v) is 18.0. The molecular weight excluding hydrogens is 418 g/mol. The van der Waals surface area contributed by atoms with Crippen molar-refractivity contribution in [2.24, 2.45) is 5.92 Å². The Hall–Kier alpha value is -1.73. The Morgan fingerprint density at radius 3 is 2.75 bits per heavy atom. The fraction of sp³-hybridized carbons (Fsp3) is 0.571. The Labute approximate surface area is 174 Å². The van der Waals surface area contributed by atoms with E-state index in [1.54, 1.807) is 0 Å². The first kappa shape index (κ1) is 19.6. The summed E-state index contributed by atoms with van der Waals surface area (Å²) < 4.78 is 2.85. The Morgan fingerprint density at radius 2 is 2.04 bits per heavy atom. The van der Waals surface area contributed by atoms with Crippen LogP contribution in [0.1, 0.15) is 61.1 Å². The number of piperidine rings is 1. The van der Waals surface area contributed by atoms with Gasteiger partial charge in [-0.1, -0.05) is 28.1 Å². The van der Waals surface area contributed by atoms with E-state index in [1.165, 1.54) is 25.9 Å². The summed E-state index contributed by atoms with van der Waals surface area (Å²) in [4.78, 5) is 15.3. The molecule has 1 N–H and O–H groups in total. The number of amides is 1. The highest BCUT2D eigenvalue weighted by Crippen LogP contribution is 2.42. The van der Waals surface area contributed by atoms with E-state index in [0.717, 1.165) is 47.6 Å². The van der Waals surface area contributed by atoms with E-state index in [-0.39, 0.29) is 5.91 Å². The predicted molar refractivity (Wildman–Crippen MR) is 113 cm³/mol. The topological polar surface area (TPSA) is 63.1 Å². The number of rotatable bonds is 7. The first-order valence-electron chi connectivity index (χ1n) is 10.3. The highest BCUT2D eigenvalue weighted by Gasteiger charge is 2.34. The van der Waals surface area contributed by atoms with Crippen molar-refractivity contribution in [3.63, 3.8) is 0 Å². The van der Waals surface area contributed by atoms with Crippen molar-refractivity contribution < 1.29 is 4.79 Å². The van der Waals surface area contributed by atoms with Crippen molar-refractivity contribution in [2.45, 2.75) is 44.9 Å². The number of aromatic nitrogens is 3. The van der Waals surface area contributed by atoms with Gasteiger partial charge in [0.1, 0.15) is 0 Å². The summed E-state index contributed by atoms with van der Waals surface area (Å²) in [5.74, 6) is 1.07. The molecule has 150 valence electrons. The molecule has 1 saturated heterocycles. The molecule has 1 amide bonds. The molecule has 1 aromatic heterocycles. The lowest BCUT2D eigenvalue weighted by Gasteiger charge is -2.30. The molecule has 0 spiro atoms. The number of halogens is 1. The standard InChI is InChI=1S/C21H28BrN5O/c1-15-4-2-12-26(14-15)13-3-11-23-21(28)19-20(16-5-6-16)27(25-24-19)18-9-7-17(22)8-10-18/h7-10,15-16H,2-6,11-14H2,1H3,(H,23,28). The van der Waals surface area contributed by atoms with Gasteiger partial charge < -0.3 is 10.2 Å². The van der Waals surface area contributed by atoms with Gasteiger partial charge in [0.25, 0.3) is 5.91 Å². The molecule has 1 saturated carbocycles. The molecule has 2 aromatic rings. The number of hydrogen-bond donors (Lipinski definition) is 1. The molecule has 1 atom stereocenters. The lowest BCUT2D eigenvalue weighted by Crippen LogP contribution is -2.36. The fourth-order valence-corrected chi connectivity index (χ4v) is 4.29. The zero-order valence-electron chi connectivity index (χ0n) is 16.4. The second kappa shape index (κ2) is 8.74. The van der Waals surface area contributed by atoms with Gasteiger partial charge in [0, 0.05) is 23.5 Å². The molecule has 1 unspecified atom stereocenters. The minimum Gasteiger partial charge on any atom is -0.351 e. The number of nitrogens with one attached hydrogen (secondary N) is 1. The van der Waals surface area contributed by atoms with Gasteiger partial charge in [-0.25, -0.2) is 4.68 Å². The molecule has 0 bridgehead atoms. The highest BCUT2D eigenvalue weighted by atomic mass is 79.9. The van der Waals surface area contributed by atoms with Crippen LogP contribution in [0.5, 0.6) is 0 Å². The van der Waals surface area contributed by atoms with E-state index in [4.69, 9.17) is 0 Å². The maximum Gasteiger partial charge on any atom is 0.273 e. The van der Waals surface area contributed by atoms with Gasteiger partial charge in [-0.2, -0.15) is 0 Å². The van der Waals surface area contributed by atoms with Crippen LogP contribution in [-0.4, -0.2) is 52.0 Å². The van der Waals surface area contributed by atoms with Crippen LogP contribution < -0.4 is 5.32 Å². The number of nitrogens with zero attached hydrogens (tertiary/aromatic N) is 4. The Balaban J connectivity index is 1.37. The molecular formula is C21H28BrN5O. The lowest BCUT2D eigenvalue weighted by atomic mass is 10.0. The third-order valence-electron chi connectivity index (χ3n) is 5.63. The van der Waals surface area contributed by atoms with E-state index in [1.807, 2.05) is 28.9 Å². The van der Waals surface area contributed by atoms with Crippen molar-refractivity contribution in [1.82, 2.24) is 25.2 Å². The highest BCUT2D eigenvalue weighted by molar-refractivity contribution is 9.10. The number of carbonyl (C=O) groups excluding carboxylic acids is 1. The van der Waals surface area contributed by atoms with Crippen LogP contribution in [0.4, 0.5) is 0 Å². The van der Waals surface area contributed by atoms with Gasteiger partial charge in [-0.3, -0.25) is 4.79 Å². The summed E-state index contributed by atoms with van der Waals surface area (Å²) in [6.07, 6.45) is 5.79. The normalized spacial score (nSPS) is 20.3. The van der Waals surface area contributed by atoms with Crippen LogP contribution in [0.3, 0.4) is 0 Å². The molecule has 2 fully saturated rings. The first-order valence-corrected chi connectivity index (χ1v) is 11.1. The van der Waals surface area contributed by atoms with Gasteiger partial charge in [0.05, 0.1) is 11.4 Å². The molecule has 1 aromatic carbocycles. The van der Waals surface area contributed by atoms with Crippen molar-refractivity contribution >= 4 is 21.8 Å². The van der Waals surface area contributed by atoms with E-state index in [9.17, 15) is 4.79 Å². The average molecular weight is 446 g/mol. The maximum absolute atomic E-state index is 12.8. The van der Waals surface area contributed by atoms with Gasteiger partial charge >= 0.3 is 0 Å². The molecule has 4 rings (SSSR count). The summed E-state index contributed by atoms with van der Waals surface area (Å²) in [6.45, 7) is 6.42. The Morgan fingerprint density at radius 1 is 1.25 bits per heavy atom. The van der Waals surface area contributed by atoms with Gasteiger partial charge in [0.15, 0.2) is 5.69 Å². The minimum atomic E-state index is -0.0997. The summed E-state index contributed by atoms with van der Waals surface area (Å²) in [7, 11) is 0. The van der Waals surface area contributed by atoms with Crippen LogP contribution in [0, 0.1) is 5.92 Å². The molecule has 6 nitrogen and oxygen atoms in total. The predicted octanol–water partition coefficient (Wildman–Crippen LogP) is 3.76. The largest absolute Gasteiger partial charge is 0.351 e. The van der Waals surface area contributed by atoms with Crippen LogP contribution in [0.15, 0.2) is 28.7 Å². The van der Waals surface area contributed by atoms with E-state index in [2.05, 4.69) is 43.4 Å². The molecule has 2 heterocycles. The Bertz CT molecular complexity index is 815. The number of likely N-dealkylation sites (tertiary alicyclic amines) is 1. The van der Waals surface area contributed by atoms with E-state index >= 15 is 0 Å². The second-order valence-electron chi connectivity index (χ2n) is 8.14. The van der Waals surface area contributed by atoms with Crippen LogP contribution in [-0.2, 0) is 0 Å². The SMILES string of the molecule is CC1CCCN(CCCNC(=O)c2nnn(-c3ccc(Br)cc3)c2C2CC2)C1. The summed E-state index contributed by atoms with van der Waals surface area (Å²) in [5.41, 5.74) is 2.37. The van der Waals surface area contributed by atoms with E-state index in [0.29, 0.717) is 18.2 Å². The second-order valence-corrected chi connectivity index (χ2v) is 9.06. The molecule has 1 aliphatic carbocycles. The monoisotopic (exact) mass is 445 g/mol. The van der Waals surface area contributed by atoms with Crippen LogP contribution in [0.25, 0.3) is 5.69 Å². The molecule has 7 heteroatoms. The quantitative estimate of drug-likeness (QED) is 0.658. The summed E-state index contributed by atoms with van der Waals surface area (Å²) in [6, 6.07) is 7.95. The van der Waals surface area contributed by atoms with Crippen LogP contribution >= 0.6 is 15.9 Å². The average Bonchev–Trinajstić information content (AvgIpc) is 3.44. The lowest BCUT2D eigenvalue weighted by molar-refractivity contribution is 0.0944. The van der Waals surface area contributed by atoms with Gasteiger partial charge in [-0.15, -0.1) is 5.10 Å². The Kier molecular flexibility index (Phi) is 6.11. The summed E-state index contributed by atoms with van der Waals surface area (Å²) in [5, 5.41) is 11.6. The third-order valence-corrected chi connectivity index (χ3v) is 6.16. The summed E-state index contributed by atoms with van der Waals surface area (Å²) >= 11 is 3.46. The third kappa shape index (κ3) is 4.63. The van der Waals surface area contributed by atoms with Crippen molar-refractivity contribution in [3.05, 3.63) is 40.1 Å². The number of hydrogen-bond acceptors (Lipinski definition) is 4. The van der Waals surface area contributed by atoms with Crippen molar-refractivity contribution in [3.8, 4) is 5.69 Å². The number of carbonyl (C=O) groups is 1. The van der Waals surface area contributed by atoms with Gasteiger partial charge in [-0.05, 0) is 75.4 Å². The minimum absolute atomic E-state index is 0.0997. The maximum atomic E-state index is 12.8. The van der Waals surface area contributed by atoms with Crippen molar-refractivity contribution in [2.75, 3.05) is 26.2 Å². The van der Waals surface area contributed by atoms with Crippen molar-refractivity contribution in [1.29, 1.82) is 0 Å². The molecule has 1 aliphatic heterocycles. The molecule has 0 radical (unpaired) electrons. The fourth-order valence-electron chi connectivity index (χ4n) is 4.03.